The number of aromatic nitrogens is 1. The lowest BCUT2D eigenvalue weighted by Crippen LogP contribution is -2.38. The van der Waals surface area contributed by atoms with Gasteiger partial charge in [-0.3, -0.25) is 9.78 Å². The fourth-order valence-corrected chi connectivity index (χ4v) is 6.12. The molecule has 36 heavy (non-hydrogen) atoms. The summed E-state index contributed by atoms with van der Waals surface area (Å²) in [4.78, 5) is 20.8. The van der Waals surface area contributed by atoms with Crippen LogP contribution in [0.3, 0.4) is 0 Å². The number of fused-ring (bicyclic) bond motifs is 2. The number of amides is 1. The maximum absolute atomic E-state index is 14.0. The number of hydrogen-bond donors (Lipinski definition) is 1. The molecule has 1 amide bonds. The second kappa shape index (κ2) is 9.48. The number of pyridine rings is 1. The van der Waals surface area contributed by atoms with Gasteiger partial charge in [0.2, 0.25) is 0 Å². The molecule has 0 radical (unpaired) electrons. The van der Waals surface area contributed by atoms with Crippen LogP contribution >= 0.6 is 11.3 Å². The minimum absolute atomic E-state index is 0.180. The molecule has 1 saturated heterocycles. The van der Waals surface area contributed by atoms with Crippen LogP contribution in [0.5, 0.6) is 5.75 Å². The molecule has 4 heterocycles. The monoisotopic (exact) mass is 507 g/mol. The van der Waals surface area contributed by atoms with Gasteiger partial charge in [0, 0.05) is 59.2 Å². The minimum Gasteiger partial charge on any atom is -0.493 e. The van der Waals surface area contributed by atoms with Gasteiger partial charge >= 0.3 is 0 Å². The van der Waals surface area contributed by atoms with Crippen molar-refractivity contribution in [3.8, 4) is 16.9 Å². The highest BCUT2D eigenvalue weighted by molar-refractivity contribution is 7.22. The summed E-state index contributed by atoms with van der Waals surface area (Å²) in [6, 6.07) is 10.9. The number of thiophene rings is 1. The van der Waals surface area contributed by atoms with Gasteiger partial charge < -0.3 is 19.7 Å². The number of nitrogens with one attached hydrogen (secondary N) is 1. The van der Waals surface area contributed by atoms with Crippen molar-refractivity contribution >= 4 is 33.0 Å². The lowest BCUT2D eigenvalue weighted by molar-refractivity contribution is 0.0927. The molecule has 4 aromatic rings. The Morgan fingerprint density at radius 1 is 1.06 bits per heavy atom. The number of rotatable bonds is 4. The first kappa shape index (κ1) is 22.9. The predicted molar refractivity (Wildman–Crippen MR) is 135 cm³/mol. The largest absolute Gasteiger partial charge is 0.493 e. The minimum atomic E-state index is -0.664. The Morgan fingerprint density at radius 2 is 1.83 bits per heavy atom. The van der Waals surface area contributed by atoms with Crippen LogP contribution in [0.15, 0.2) is 54.9 Å². The molecule has 9 heteroatoms. The summed E-state index contributed by atoms with van der Waals surface area (Å²) in [7, 11) is 0. The van der Waals surface area contributed by atoms with Crippen LogP contribution in [0.25, 0.3) is 21.2 Å². The molecule has 2 aromatic heterocycles. The number of nitrogens with zero attached hydrogens (tertiary/aromatic N) is 2. The van der Waals surface area contributed by atoms with Gasteiger partial charge in [-0.2, -0.15) is 0 Å². The molecule has 1 fully saturated rings. The number of benzene rings is 2. The van der Waals surface area contributed by atoms with Crippen molar-refractivity contribution in [2.24, 2.45) is 0 Å². The molecule has 0 aliphatic carbocycles. The summed E-state index contributed by atoms with van der Waals surface area (Å²) in [5.41, 5.74) is 2.69. The van der Waals surface area contributed by atoms with Gasteiger partial charge in [-0.25, -0.2) is 8.78 Å². The number of carbonyl (C=O) groups excluding carboxylic acids is 1. The van der Waals surface area contributed by atoms with Crippen molar-refractivity contribution < 1.29 is 23.0 Å². The number of ether oxygens (including phenoxy) is 2. The smallest absolute Gasteiger partial charge is 0.264 e. The molecule has 0 unspecified atom stereocenters. The van der Waals surface area contributed by atoms with Crippen LogP contribution in [0.2, 0.25) is 0 Å². The zero-order valence-electron chi connectivity index (χ0n) is 19.3. The van der Waals surface area contributed by atoms with E-state index < -0.39 is 11.6 Å². The van der Waals surface area contributed by atoms with E-state index in [1.54, 1.807) is 12.4 Å². The van der Waals surface area contributed by atoms with Crippen LogP contribution < -0.4 is 15.0 Å². The van der Waals surface area contributed by atoms with Gasteiger partial charge in [0.1, 0.15) is 22.3 Å². The van der Waals surface area contributed by atoms with Crippen LogP contribution in [-0.2, 0) is 4.74 Å². The lowest BCUT2D eigenvalue weighted by atomic mass is 10.0. The van der Waals surface area contributed by atoms with Crippen molar-refractivity contribution in [3.05, 3.63) is 76.9 Å². The SMILES string of the molecule is O=C(N[C@H]1CCOc2ccccc21)c1sc2c(-c3cc(F)cc(F)c3)cncc2c1N1CCOCC1. The molecule has 2 aliphatic heterocycles. The van der Waals surface area contributed by atoms with E-state index in [-0.39, 0.29) is 11.9 Å². The summed E-state index contributed by atoms with van der Waals surface area (Å²) in [5, 5.41) is 3.98. The van der Waals surface area contributed by atoms with Gasteiger partial charge in [0.05, 0.1) is 31.5 Å². The van der Waals surface area contributed by atoms with Gasteiger partial charge in [0.25, 0.3) is 5.91 Å². The lowest BCUT2D eigenvalue weighted by Gasteiger charge is -2.30. The van der Waals surface area contributed by atoms with E-state index in [0.717, 1.165) is 33.2 Å². The van der Waals surface area contributed by atoms with Gasteiger partial charge in [-0.05, 0) is 23.8 Å². The fraction of sp³-hybridized carbons (Fsp3) is 0.259. The normalized spacial score (nSPS) is 17.5. The van der Waals surface area contributed by atoms with Crippen LogP contribution in [0.4, 0.5) is 14.5 Å². The molecule has 0 saturated carbocycles. The van der Waals surface area contributed by atoms with E-state index in [1.807, 2.05) is 24.3 Å². The summed E-state index contributed by atoms with van der Waals surface area (Å²) in [5.74, 6) is -0.750. The van der Waals surface area contributed by atoms with Crippen molar-refractivity contribution in [2.75, 3.05) is 37.8 Å². The van der Waals surface area contributed by atoms with Crippen molar-refractivity contribution in [3.63, 3.8) is 0 Å². The van der Waals surface area contributed by atoms with Gasteiger partial charge in [0.15, 0.2) is 0 Å². The van der Waals surface area contributed by atoms with E-state index >= 15 is 0 Å². The highest BCUT2D eigenvalue weighted by Gasteiger charge is 2.29. The molecule has 6 nitrogen and oxygen atoms in total. The standard InChI is InChI=1S/C27H23F2N3O3S/c28-17-11-16(12-18(29)13-17)20-14-30-15-21-24(32-6-9-34-10-7-32)26(36-25(20)21)27(33)31-22-5-8-35-23-4-2-1-3-19(22)23/h1-4,11-15,22H,5-10H2,(H,31,33)/t22-/m0/s1. The van der Waals surface area contributed by atoms with Crippen molar-refractivity contribution in [1.29, 1.82) is 0 Å². The van der Waals surface area contributed by atoms with E-state index in [2.05, 4.69) is 15.2 Å². The summed E-state index contributed by atoms with van der Waals surface area (Å²) >= 11 is 1.32. The quantitative estimate of drug-likeness (QED) is 0.405. The Hall–Kier alpha value is -3.56. The summed E-state index contributed by atoms with van der Waals surface area (Å²) in [6.45, 7) is 2.88. The Kier molecular flexibility index (Phi) is 6.02. The molecule has 2 aliphatic rings. The molecule has 2 aromatic carbocycles. The summed E-state index contributed by atoms with van der Waals surface area (Å²) < 4.78 is 40.1. The average Bonchev–Trinajstić information content (AvgIpc) is 3.29. The molecular formula is C27H23F2N3O3S. The predicted octanol–water partition coefficient (Wildman–Crippen LogP) is 5.33. The van der Waals surface area contributed by atoms with Gasteiger partial charge in [-0.15, -0.1) is 11.3 Å². The molecular weight excluding hydrogens is 484 g/mol. The highest BCUT2D eigenvalue weighted by Crippen LogP contribution is 2.43. The van der Waals surface area contributed by atoms with E-state index in [4.69, 9.17) is 9.47 Å². The molecule has 6 rings (SSSR count). The molecule has 1 atom stereocenters. The summed E-state index contributed by atoms with van der Waals surface area (Å²) in [6.07, 6.45) is 3.97. The van der Waals surface area contributed by atoms with Crippen LogP contribution in [-0.4, -0.2) is 43.8 Å². The zero-order valence-corrected chi connectivity index (χ0v) is 20.1. The van der Waals surface area contributed by atoms with Crippen LogP contribution in [0.1, 0.15) is 27.7 Å². The first-order chi connectivity index (χ1) is 17.6. The number of anilines is 1. The Morgan fingerprint density at radius 3 is 2.64 bits per heavy atom. The number of morpholine rings is 1. The maximum Gasteiger partial charge on any atom is 0.264 e. The Labute approximate surface area is 210 Å². The average molecular weight is 508 g/mol. The zero-order chi connectivity index (χ0) is 24.6. The Balaban J connectivity index is 1.45. The molecule has 1 N–H and O–H groups in total. The number of para-hydroxylation sites is 1. The van der Waals surface area contributed by atoms with E-state index in [0.29, 0.717) is 55.3 Å². The van der Waals surface area contributed by atoms with Crippen molar-refractivity contribution in [1.82, 2.24) is 10.3 Å². The third kappa shape index (κ3) is 4.18. The molecule has 0 spiro atoms. The fourth-order valence-electron chi connectivity index (χ4n) is 4.89. The maximum atomic E-state index is 14.0. The van der Waals surface area contributed by atoms with E-state index in [9.17, 15) is 13.6 Å². The number of halogens is 2. The third-order valence-electron chi connectivity index (χ3n) is 6.54. The first-order valence-corrected chi connectivity index (χ1v) is 12.6. The van der Waals surface area contributed by atoms with Crippen molar-refractivity contribution in [2.45, 2.75) is 12.5 Å². The second-order valence-corrected chi connectivity index (χ2v) is 9.82. The molecule has 0 bridgehead atoms. The van der Waals surface area contributed by atoms with Gasteiger partial charge in [-0.1, -0.05) is 18.2 Å². The third-order valence-corrected chi connectivity index (χ3v) is 7.77. The Bertz CT molecular complexity index is 1430. The van der Waals surface area contributed by atoms with E-state index in [1.165, 1.54) is 23.5 Å². The highest BCUT2D eigenvalue weighted by atomic mass is 32.1. The second-order valence-electron chi connectivity index (χ2n) is 8.80. The number of carbonyl (C=O) groups is 1. The first-order valence-electron chi connectivity index (χ1n) is 11.8. The number of hydrogen-bond acceptors (Lipinski definition) is 6. The topological polar surface area (TPSA) is 63.7 Å². The molecule has 184 valence electrons. The van der Waals surface area contributed by atoms with Crippen LogP contribution in [0, 0.1) is 11.6 Å².